The third-order valence-electron chi connectivity index (χ3n) is 5.81. The van der Waals surface area contributed by atoms with Crippen molar-refractivity contribution in [1.82, 2.24) is 0 Å². The first-order valence-corrected chi connectivity index (χ1v) is 11.5. The molecule has 0 radical (unpaired) electrons. The van der Waals surface area contributed by atoms with Crippen molar-refractivity contribution in [2.75, 3.05) is 23.3 Å². The van der Waals surface area contributed by atoms with Crippen molar-refractivity contribution in [3.8, 4) is 5.75 Å². The molecule has 2 aliphatic rings. The molecule has 6 nitrogen and oxygen atoms in total. The van der Waals surface area contributed by atoms with Crippen LogP contribution in [0.15, 0.2) is 41.3 Å². The number of aryl methyl sites for hydroxylation is 1. The minimum atomic E-state index is -3.83. The zero-order valence-corrected chi connectivity index (χ0v) is 17.6. The van der Waals surface area contributed by atoms with Crippen LogP contribution in [0, 0.1) is 12.8 Å². The van der Waals surface area contributed by atoms with Gasteiger partial charge in [0.15, 0.2) is 0 Å². The Morgan fingerprint density at radius 2 is 1.90 bits per heavy atom. The van der Waals surface area contributed by atoms with E-state index in [2.05, 4.69) is 4.72 Å². The predicted molar refractivity (Wildman–Crippen MR) is 113 cm³/mol. The Kier molecular flexibility index (Phi) is 5.25. The highest BCUT2D eigenvalue weighted by molar-refractivity contribution is 7.92. The lowest BCUT2D eigenvalue weighted by Gasteiger charge is -2.22. The van der Waals surface area contributed by atoms with E-state index in [0.29, 0.717) is 18.0 Å². The number of fused-ring (bicyclic) bond motifs is 1. The van der Waals surface area contributed by atoms with Gasteiger partial charge in [-0.15, -0.1) is 0 Å². The number of carbonyl (C=O) groups excluding carboxylic acids is 1. The van der Waals surface area contributed by atoms with Gasteiger partial charge >= 0.3 is 0 Å². The summed E-state index contributed by atoms with van der Waals surface area (Å²) >= 11 is 0. The number of sulfonamides is 1. The molecule has 1 N–H and O–H groups in total. The minimum absolute atomic E-state index is 0.0952. The number of nitrogens with one attached hydrogen (secondary N) is 1. The first kappa shape index (κ1) is 19.8. The van der Waals surface area contributed by atoms with Crippen molar-refractivity contribution in [3.05, 3.63) is 47.5 Å². The zero-order valence-electron chi connectivity index (χ0n) is 16.8. The molecule has 1 amide bonds. The number of anilines is 2. The lowest BCUT2D eigenvalue weighted by molar-refractivity contribution is -0.122. The maximum atomic E-state index is 13.0. The molecular weight excluding hydrogens is 388 g/mol. The quantitative estimate of drug-likeness (QED) is 0.806. The van der Waals surface area contributed by atoms with Crippen molar-refractivity contribution < 1.29 is 17.9 Å². The second-order valence-corrected chi connectivity index (χ2v) is 9.48. The van der Waals surface area contributed by atoms with Crippen molar-refractivity contribution in [1.29, 1.82) is 0 Å². The molecule has 0 unspecified atom stereocenters. The number of hydrogen-bond donors (Lipinski definition) is 1. The predicted octanol–water partition coefficient (Wildman–Crippen LogP) is 3.88. The Balaban J connectivity index is 1.62. The summed E-state index contributed by atoms with van der Waals surface area (Å²) in [6.07, 6.45) is 4.91. The van der Waals surface area contributed by atoms with Crippen LogP contribution >= 0.6 is 0 Å². The molecule has 154 valence electrons. The van der Waals surface area contributed by atoms with E-state index in [0.717, 1.165) is 48.9 Å². The van der Waals surface area contributed by atoms with E-state index in [9.17, 15) is 13.2 Å². The van der Waals surface area contributed by atoms with E-state index in [1.807, 2.05) is 17.9 Å². The number of methoxy groups -OCH3 is 1. The SMILES string of the molecule is COc1ccc(C)cc1S(=O)(=O)Nc1ccc2c(c1)N(C(=O)C1CCCC1)CC2. The summed E-state index contributed by atoms with van der Waals surface area (Å²) in [6, 6.07) is 10.5. The lowest BCUT2D eigenvalue weighted by Crippen LogP contribution is -2.33. The number of nitrogens with zero attached hydrogens (tertiary/aromatic N) is 1. The Hall–Kier alpha value is -2.54. The highest BCUT2D eigenvalue weighted by Crippen LogP contribution is 2.36. The van der Waals surface area contributed by atoms with Gasteiger partial charge in [-0.1, -0.05) is 25.0 Å². The molecule has 1 heterocycles. The fraction of sp³-hybridized carbons (Fsp3) is 0.409. The molecule has 7 heteroatoms. The number of amides is 1. The number of benzene rings is 2. The number of carbonyl (C=O) groups is 1. The monoisotopic (exact) mass is 414 g/mol. The van der Waals surface area contributed by atoms with Gasteiger partial charge in [-0.3, -0.25) is 9.52 Å². The van der Waals surface area contributed by atoms with Crippen LogP contribution in [0.5, 0.6) is 5.75 Å². The minimum Gasteiger partial charge on any atom is -0.495 e. The Bertz CT molecular complexity index is 1040. The van der Waals surface area contributed by atoms with Crippen molar-refractivity contribution in [3.63, 3.8) is 0 Å². The van der Waals surface area contributed by atoms with Gasteiger partial charge < -0.3 is 9.64 Å². The Labute approximate surface area is 171 Å². The molecule has 1 aliphatic carbocycles. The van der Waals surface area contributed by atoms with E-state index in [-0.39, 0.29) is 16.7 Å². The maximum Gasteiger partial charge on any atom is 0.265 e. The van der Waals surface area contributed by atoms with Crippen LogP contribution in [0.4, 0.5) is 11.4 Å². The van der Waals surface area contributed by atoms with Crippen LogP contribution in [0.2, 0.25) is 0 Å². The summed E-state index contributed by atoms with van der Waals surface area (Å²) in [7, 11) is -2.38. The fourth-order valence-corrected chi connectivity index (χ4v) is 5.57. The molecule has 0 atom stereocenters. The molecule has 29 heavy (non-hydrogen) atoms. The van der Waals surface area contributed by atoms with Gasteiger partial charge in [0.25, 0.3) is 10.0 Å². The molecule has 0 aromatic heterocycles. The van der Waals surface area contributed by atoms with Gasteiger partial charge in [0.05, 0.1) is 12.8 Å². The Morgan fingerprint density at radius 1 is 1.14 bits per heavy atom. The summed E-state index contributed by atoms with van der Waals surface area (Å²) in [5, 5.41) is 0. The normalized spacial score (nSPS) is 16.7. The molecule has 0 spiro atoms. The average Bonchev–Trinajstić information content (AvgIpc) is 3.37. The molecular formula is C22H26N2O4S. The highest BCUT2D eigenvalue weighted by atomic mass is 32.2. The van der Waals surface area contributed by atoms with E-state index >= 15 is 0 Å². The molecule has 2 aromatic rings. The van der Waals surface area contributed by atoms with E-state index in [4.69, 9.17) is 4.74 Å². The van der Waals surface area contributed by atoms with Crippen LogP contribution in [-0.4, -0.2) is 28.0 Å². The molecule has 0 saturated heterocycles. The van der Waals surface area contributed by atoms with Crippen LogP contribution in [0.1, 0.15) is 36.8 Å². The average molecular weight is 415 g/mol. The van der Waals surface area contributed by atoms with Gasteiger partial charge in [-0.25, -0.2) is 8.42 Å². The molecule has 1 fully saturated rings. The van der Waals surface area contributed by atoms with E-state index in [1.165, 1.54) is 7.11 Å². The van der Waals surface area contributed by atoms with Crippen molar-refractivity contribution in [2.45, 2.75) is 43.9 Å². The summed E-state index contributed by atoms with van der Waals surface area (Å²) in [5.74, 6) is 0.557. The number of ether oxygens (including phenoxy) is 1. The molecule has 0 bridgehead atoms. The molecule has 4 rings (SSSR count). The maximum absolute atomic E-state index is 13.0. The summed E-state index contributed by atoms with van der Waals surface area (Å²) in [6.45, 7) is 2.49. The van der Waals surface area contributed by atoms with E-state index < -0.39 is 10.0 Å². The van der Waals surface area contributed by atoms with Gasteiger partial charge in [-0.2, -0.15) is 0 Å². The molecule has 2 aromatic carbocycles. The second kappa shape index (κ2) is 7.71. The van der Waals surface area contributed by atoms with Crippen LogP contribution in [0.3, 0.4) is 0 Å². The molecule has 1 aliphatic heterocycles. The highest BCUT2D eigenvalue weighted by Gasteiger charge is 2.32. The van der Waals surface area contributed by atoms with E-state index in [1.54, 1.807) is 30.3 Å². The van der Waals surface area contributed by atoms with Crippen molar-refractivity contribution in [2.24, 2.45) is 5.92 Å². The van der Waals surface area contributed by atoms with Crippen LogP contribution in [0.25, 0.3) is 0 Å². The molecule has 1 saturated carbocycles. The van der Waals surface area contributed by atoms with Gasteiger partial charge in [0, 0.05) is 18.2 Å². The second-order valence-electron chi connectivity index (χ2n) is 7.82. The standard InChI is InChI=1S/C22H26N2O4S/c1-15-7-10-20(28-2)21(13-15)29(26,27)23-18-9-8-16-11-12-24(19(16)14-18)22(25)17-5-3-4-6-17/h7-10,13-14,17,23H,3-6,11-12H2,1-2H3. The number of hydrogen-bond acceptors (Lipinski definition) is 4. The van der Waals surface area contributed by atoms with Crippen LogP contribution < -0.4 is 14.4 Å². The van der Waals surface area contributed by atoms with Gasteiger partial charge in [0.2, 0.25) is 5.91 Å². The summed E-state index contributed by atoms with van der Waals surface area (Å²) in [4.78, 5) is 14.8. The largest absolute Gasteiger partial charge is 0.495 e. The van der Waals surface area contributed by atoms with Crippen LogP contribution in [-0.2, 0) is 21.2 Å². The third-order valence-corrected chi connectivity index (χ3v) is 7.21. The first-order valence-electron chi connectivity index (χ1n) is 10.0. The Morgan fingerprint density at radius 3 is 2.62 bits per heavy atom. The van der Waals surface area contributed by atoms with Gasteiger partial charge in [0.1, 0.15) is 10.6 Å². The van der Waals surface area contributed by atoms with Crippen molar-refractivity contribution >= 4 is 27.3 Å². The zero-order chi connectivity index (χ0) is 20.6. The topological polar surface area (TPSA) is 75.7 Å². The smallest absolute Gasteiger partial charge is 0.265 e. The summed E-state index contributed by atoms with van der Waals surface area (Å²) < 4.78 is 33.9. The first-order chi connectivity index (χ1) is 13.9. The third kappa shape index (κ3) is 3.83. The number of rotatable bonds is 5. The fourth-order valence-electron chi connectivity index (χ4n) is 4.27. The summed E-state index contributed by atoms with van der Waals surface area (Å²) in [5.41, 5.74) is 3.16. The van der Waals surface area contributed by atoms with Gasteiger partial charge in [-0.05, 0) is 61.6 Å². The lowest BCUT2D eigenvalue weighted by atomic mass is 10.1.